The summed E-state index contributed by atoms with van der Waals surface area (Å²) in [5.41, 5.74) is 0. The van der Waals surface area contributed by atoms with Crippen LogP contribution in [0.5, 0.6) is 0 Å². The topological polar surface area (TPSA) is 72.5 Å². The predicted octanol–water partition coefficient (Wildman–Crippen LogP) is 0.669. The molecule has 5 nitrogen and oxygen atoms in total. The maximum atomic E-state index is 11.6. The van der Waals surface area contributed by atoms with Crippen LogP contribution in [-0.2, 0) is 19.1 Å². The first-order chi connectivity index (χ1) is 7.42. The lowest BCUT2D eigenvalue weighted by atomic mass is 10.0. The lowest BCUT2D eigenvalue weighted by Gasteiger charge is -2.14. The number of esters is 1. The van der Waals surface area contributed by atoms with Gasteiger partial charge < -0.3 is 10.1 Å². The average Bonchev–Trinajstić information content (AvgIpc) is 2.27. The Labute approximate surface area is 95.5 Å². The van der Waals surface area contributed by atoms with E-state index in [2.05, 4.69) is 10.1 Å². The second kappa shape index (κ2) is 6.98. The number of carbonyl (C=O) groups is 3. The number of ether oxygens (including phenoxy) is 1. The summed E-state index contributed by atoms with van der Waals surface area (Å²) in [5, 5.41) is 2.55. The molecule has 5 heteroatoms. The van der Waals surface area contributed by atoms with Crippen LogP contribution in [-0.4, -0.2) is 30.8 Å². The molecule has 0 spiro atoms. The predicted molar refractivity (Wildman–Crippen MR) is 58.7 cm³/mol. The van der Waals surface area contributed by atoms with E-state index in [1.165, 1.54) is 7.11 Å². The summed E-state index contributed by atoms with van der Waals surface area (Å²) >= 11 is 0. The summed E-state index contributed by atoms with van der Waals surface area (Å²) in [4.78, 5) is 33.7. The van der Waals surface area contributed by atoms with Crippen molar-refractivity contribution in [2.75, 3.05) is 7.11 Å². The van der Waals surface area contributed by atoms with E-state index in [0.717, 1.165) is 0 Å². The molecule has 0 radical (unpaired) electrons. The summed E-state index contributed by atoms with van der Waals surface area (Å²) in [6.07, 6.45) is 0.419. The maximum Gasteiger partial charge on any atom is 0.308 e. The van der Waals surface area contributed by atoms with Gasteiger partial charge in [-0.15, -0.1) is 0 Å². The Kier molecular flexibility index (Phi) is 6.37. The lowest BCUT2D eigenvalue weighted by molar-refractivity contribution is -0.146. The van der Waals surface area contributed by atoms with Crippen LogP contribution in [0.15, 0.2) is 0 Å². The quantitative estimate of drug-likeness (QED) is 0.679. The molecule has 0 fully saturated rings. The van der Waals surface area contributed by atoms with E-state index < -0.39 is 17.9 Å². The molecule has 0 aliphatic heterocycles. The van der Waals surface area contributed by atoms with Gasteiger partial charge in [-0.3, -0.25) is 14.4 Å². The minimum Gasteiger partial charge on any atom is -0.469 e. The molecular formula is C11H19NO4. The molecule has 0 saturated heterocycles. The Balaban J connectivity index is 4.15. The zero-order valence-electron chi connectivity index (χ0n) is 10.2. The second-order valence-corrected chi connectivity index (χ2v) is 3.74. The van der Waals surface area contributed by atoms with Crippen LogP contribution in [0.1, 0.15) is 33.6 Å². The van der Waals surface area contributed by atoms with E-state index >= 15 is 0 Å². The van der Waals surface area contributed by atoms with Gasteiger partial charge in [0.1, 0.15) is 0 Å². The first-order valence-corrected chi connectivity index (χ1v) is 5.32. The van der Waals surface area contributed by atoms with Crippen molar-refractivity contribution in [1.29, 1.82) is 0 Å². The summed E-state index contributed by atoms with van der Waals surface area (Å²) < 4.78 is 4.52. The van der Waals surface area contributed by atoms with Gasteiger partial charge in [0, 0.05) is 12.8 Å². The van der Waals surface area contributed by atoms with Gasteiger partial charge in [0.25, 0.3) is 0 Å². The molecule has 1 N–H and O–H groups in total. The Bertz CT molecular complexity index is 275. The van der Waals surface area contributed by atoms with Crippen LogP contribution in [0.2, 0.25) is 0 Å². The molecule has 1 amide bonds. The van der Waals surface area contributed by atoms with Crippen molar-refractivity contribution in [1.82, 2.24) is 5.32 Å². The molecule has 16 heavy (non-hydrogen) atoms. The van der Waals surface area contributed by atoms with Crippen molar-refractivity contribution in [3.05, 3.63) is 0 Å². The fraction of sp³-hybridized carbons (Fsp3) is 0.727. The number of hydrogen-bond donors (Lipinski definition) is 1. The molecule has 0 aromatic rings. The van der Waals surface area contributed by atoms with Crippen LogP contribution >= 0.6 is 0 Å². The fourth-order valence-corrected chi connectivity index (χ4v) is 1.19. The molecule has 0 aliphatic rings. The molecule has 0 rings (SSSR count). The largest absolute Gasteiger partial charge is 0.469 e. The monoisotopic (exact) mass is 229 g/mol. The highest BCUT2D eigenvalue weighted by atomic mass is 16.5. The number of methoxy groups -OCH3 is 1. The van der Waals surface area contributed by atoms with Crippen molar-refractivity contribution >= 4 is 17.7 Å². The van der Waals surface area contributed by atoms with Gasteiger partial charge in [0.05, 0.1) is 19.1 Å². The van der Waals surface area contributed by atoms with Gasteiger partial charge in [-0.25, -0.2) is 0 Å². The summed E-state index contributed by atoms with van der Waals surface area (Å²) in [5.74, 6) is -1.23. The number of nitrogens with one attached hydrogen (secondary N) is 1. The Morgan fingerprint density at radius 3 is 2.25 bits per heavy atom. The highest BCUT2D eigenvalue weighted by Gasteiger charge is 2.21. The van der Waals surface area contributed by atoms with E-state index in [4.69, 9.17) is 0 Å². The van der Waals surface area contributed by atoms with Crippen molar-refractivity contribution in [3.8, 4) is 0 Å². The van der Waals surface area contributed by atoms with Gasteiger partial charge >= 0.3 is 5.97 Å². The second-order valence-electron chi connectivity index (χ2n) is 3.74. The summed E-state index contributed by atoms with van der Waals surface area (Å²) in [6, 6.07) is -0.556. The minimum absolute atomic E-state index is 0.0812. The van der Waals surface area contributed by atoms with E-state index in [1.807, 2.05) is 0 Å². The standard InChI is InChI=1S/C11H19NO4/c1-5-10(14)12-8(3)9(13)6-7(2)11(15)16-4/h7-8H,5-6H2,1-4H3,(H,12,14)/t7-,8-/m1/s1. The Morgan fingerprint density at radius 2 is 1.81 bits per heavy atom. The summed E-state index contributed by atoms with van der Waals surface area (Å²) in [7, 11) is 1.28. The Hall–Kier alpha value is -1.39. The summed E-state index contributed by atoms with van der Waals surface area (Å²) in [6.45, 7) is 4.95. The van der Waals surface area contributed by atoms with Gasteiger partial charge in [-0.1, -0.05) is 13.8 Å². The normalized spacial score (nSPS) is 13.8. The molecular weight excluding hydrogens is 210 g/mol. The smallest absolute Gasteiger partial charge is 0.308 e. The highest BCUT2D eigenvalue weighted by Crippen LogP contribution is 2.06. The third-order valence-electron chi connectivity index (χ3n) is 2.29. The van der Waals surface area contributed by atoms with E-state index in [1.54, 1.807) is 20.8 Å². The van der Waals surface area contributed by atoms with Crippen molar-refractivity contribution in [2.24, 2.45) is 5.92 Å². The number of Topliss-reactive ketones (excluding diaryl/α,β-unsaturated/α-hetero) is 1. The van der Waals surface area contributed by atoms with E-state index in [9.17, 15) is 14.4 Å². The van der Waals surface area contributed by atoms with Gasteiger partial charge in [0.2, 0.25) is 5.91 Å². The maximum absolute atomic E-state index is 11.6. The third kappa shape index (κ3) is 4.91. The van der Waals surface area contributed by atoms with Crippen molar-refractivity contribution in [2.45, 2.75) is 39.7 Å². The van der Waals surface area contributed by atoms with Crippen molar-refractivity contribution in [3.63, 3.8) is 0 Å². The van der Waals surface area contributed by atoms with Crippen LogP contribution in [0, 0.1) is 5.92 Å². The van der Waals surface area contributed by atoms with E-state index in [0.29, 0.717) is 6.42 Å². The molecule has 0 saturated carbocycles. The van der Waals surface area contributed by atoms with Crippen LogP contribution in [0.4, 0.5) is 0 Å². The number of hydrogen-bond acceptors (Lipinski definition) is 4. The van der Waals surface area contributed by atoms with Crippen LogP contribution < -0.4 is 5.32 Å². The zero-order chi connectivity index (χ0) is 12.7. The molecule has 0 aliphatic carbocycles. The SMILES string of the molecule is CCC(=O)N[C@H](C)C(=O)C[C@@H](C)C(=O)OC. The minimum atomic E-state index is -0.556. The zero-order valence-corrected chi connectivity index (χ0v) is 10.2. The first kappa shape index (κ1) is 14.6. The lowest BCUT2D eigenvalue weighted by Crippen LogP contribution is -2.39. The molecule has 0 aromatic carbocycles. The molecule has 92 valence electrons. The van der Waals surface area contributed by atoms with Gasteiger partial charge in [0.15, 0.2) is 5.78 Å². The molecule has 2 atom stereocenters. The number of rotatable bonds is 6. The van der Waals surface area contributed by atoms with Crippen LogP contribution in [0.25, 0.3) is 0 Å². The van der Waals surface area contributed by atoms with Crippen molar-refractivity contribution < 1.29 is 19.1 Å². The number of amides is 1. The van der Waals surface area contributed by atoms with E-state index in [-0.39, 0.29) is 18.1 Å². The first-order valence-electron chi connectivity index (χ1n) is 5.32. The average molecular weight is 229 g/mol. The third-order valence-corrected chi connectivity index (χ3v) is 2.29. The molecule has 0 unspecified atom stereocenters. The fourth-order valence-electron chi connectivity index (χ4n) is 1.19. The molecule has 0 heterocycles. The molecule has 0 aromatic heterocycles. The van der Waals surface area contributed by atoms with Gasteiger partial charge in [-0.2, -0.15) is 0 Å². The molecule has 0 bridgehead atoms. The highest BCUT2D eigenvalue weighted by molar-refractivity contribution is 5.91. The Morgan fingerprint density at radius 1 is 1.25 bits per heavy atom. The van der Waals surface area contributed by atoms with Crippen LogP contribution in [0.3, 0.4) is 0 Å². The van der Waals surface area contributed by atoms with Gasteiger partial charge in [-0.05, 0) is 6.92 Å². The number of ketones is 1. The number of carbonyl (C=O) groups excluding carboxylic acids is 3.